The van der Waals surface area contributed by atoms with Crippen LogP contribution < -0.4 is 10.0 Å². The van der Waals surface area contributed by atoms with E-state index in [1.165, 1.54) is 23.9 Å². The summed E-state index contributed by atoms with van der Waals surface area (Å²) in [5.74, 6) is 0.0165. The smallest absolute Gasteiger partial charge is 0.409 e. The van der Waals surface area contributed by atoms with Gasteiger partial charge in [-0.3, -0.25) is 4.79 Å². The van der Waals surface area contributed by atoms with Gasteiger partial charge in [0.05, 0.1) is 35.1 Å². The molecule has 1 aromatic heterocycles. The normalized spacial score (nSPS) is 22.5. The summed E-state index contributed by atoms with van der Waals surface area (Å²) in [4.78, 5) is 28.0. The second kappa shape index (κ2) is 9.34. The summed E-state index contributed by atoms with van der Waals surface area (Å²) in [6.45, 7) is 4.62. The van der Waals surface area contributed by atoms with E-state index in [-0.39, 0.29) is 29.8 Å². The highest BCUT2D eigenvalue weighted by Gasteiger charge is 2.42. The zero-order chi connectivity index (χ0) is 23.0. The van der Waals surface area contributed by atoms with Crippen LogP contribution in [-0.2, 0) is 23.1 Å². The van der Waals surface area contributed by atoms with Gasteiger partial charge >= 0.3 is 6.09 Å². The number of amides is 2. The number of rotatable bonds is 3. The molecule has 2 N–H and O–H groups in total. The Hall–Kier alpha value is -2.21. The summed E-state index contributed by atoms with van der Waals surface area (Å²) in [6, 6.07) is 4.26. The molecule has 172 valence electrons. The minimum Gasteiger partial charge on any atom is -0.593 e. The van der Waals surface area contributed by atoms with E-state index in [1.807, 2.05) is 0 Å². The molecule has 11 heteroatoms. The van der Waals surface area contributed by atoms with Crippen molar-refractivity contribution in [1.82, 2.24) is 14.2 Å². The van der Waals surface area contributed by atoms with Crippen molar-refractivity contribution in [2.75, 3.05) is 30.8 Å². The minimum atomic E-state index is -1.55. The summed E-state index contributed by atoms with van der Waals surface area (Å²) in [5.41, 5.74) is 1.31. The average molecular weight is 481 g/mol. The van der Waals surface area contributed by atoms with Crippen LogP contribution in [0.1, 0.15) is 23.0 Å². The number of anilines is 1. The van der Waals surface area contributed by atoms with Gasteiger partial charge in [-0.1, -0.05) is 0 Å². The number of fused-ring (bicyclic) bond motifs is 2. The Morgan fingerprint density at radius 2 is 2.19 bits per heavy atom. The van der Waals surface area contributed by atoms with Crippen LogP contribution >= 0.6 is 11.8 Å². The molecule has 0 saturated carbocycles. The van der Waals surface area contributed by atoms with E-state index in [0.29, 0.717) is 52.2 Å². The van der Waals surface area contributed by atoms with Gasteiger partial charge in [0.15, 0.2) is 0 Å². The van der Waals surface area contributed by atoms with Gasteiger partial charge in [-0.2, -0.15) is 0 Å². The predicted molar refractivity (Wildman–Crippen MR) is 121 cm³/mol. The number of carbonyl (C=O) groups is 2. The van der Waals surface area contributed by atoms with Crippen molar-refractivity contribution in [2.45, 2.75) is 29.7 Å². The predicted octanol–water partition coefficient (Wildman–Crippen LogP) is 2.90. The van der Waals surface area contributed by atoms with E-state index in [1.54, 1.807) is 42.6 Å². The number of nitrogens with zero attached hydrogens (tertiary/aromatic N) is 2. The monoisotopic (exact) mass is 480 g/mol. The van der Waals surface area contributed by atoms with Crippen molar-refractivity contribution in [3.05, 3.63) is 41.5 Å². The highest BCUT2D eigenvalue weighted by Crippen LogP contribution is 2.38. The maximum atomic E-state index is 13.6. The standard InChI is InChI=1S/C21H25FN4O4S2/c1-4-30-21(28)26-8-13-11-31-19-17(32(29)24-16(13)9-26)10-25(3)18(19)20(27)23-14-5-6-15(22)12(2)7-14/h5-7,10,13,16,24H,4,8-9,11H2,1-3H3,(H,23,27). The molecule has 2 aliphatic rings. The SMILES string of the molecule is CCOC(=O)N1CC2CSc3c(cn(C)c3C(=O)Nc3ccc(F)c(C)c3)[S+]([O-])NC2C1. The van der Waals surface area contributed by atoms with Gasteiger partial charge in [-0.05, 0) is 37.6 Å². The highest BCUT2D eigenvalue weighted by atomic mass is 32.2. The van der Waals surface area contributed by atoms with Crippen molar-refractivity contribution >= 4 is 40.8 Å². The number of carbonyl (C=O) groups excluding carboxylic acids is 2. The largest absolute Gasteiger partial charge is 0.593 e. The van der Waals surface area contributed by atoms with Crippen LogP contribution in [0.25, 0.3) is 0 Å². The lowest BCUT2D eigenvalue weighted by Gasteiger charge is -2.23. The molecule has 0 bridgehead atoms. The van der Waals surface area contributed by atoms with E-state index in [0.717, 1.165) is 0 Å². The number of halogens is 1. The van der Waals surface area contributed by atoms with Crippen LogP contribution in [0.5, 0.6) is 0 Å². The van der Waals surface area contributed by atoms with Crippen LogP contribution in [-0.4, -0.2) is 57.5 Å². The van der Waals surface area contributed by atoms with Gasteiger partial charge in [0.2, 0.25) is 4.90 Å². The summed E-state index contributed by atoms with van der Waals surface area (Å²) in [6.07, 6.45) is 1.32. The number of aromatic nitrogens is 1. The molecule has 8 nitrogen and oxygen atoms in total. The topological polar surface area (TPSA) is 98.7 Å². The first-order chi connectivity index (χ1) is 15.3. The van der Waals surface area contributed by atoms with E-state index < -0.39 is 11.4 Å². The second-order valence-electron chi connectivity index (χ2n) is 7.87. The number of benzene rings is 1. The van der Waals surface area contributed by atoms with E-state index in [2.05, 4.69) is 10.0 Å². The van der Waals surface area contributed by atoms with Gasteiger partial charge in [-0.15, -0.1) is 16.5 Å². The highest BCUT2D eigenvalue weighted by molar-refractivity contribution is 8.00. The Balaban J connectivity index is 1.56. The fraction of sp³-hybridized carbons (Fsp3) is 0.429. The van der Waals surface area contributed by atoms with Crippen LogP contribution in [0.15, 0.2) is 34.2 Å². The number of hydrogen-bond acceptors (Lipinski definition) is 6. The number of likely N-dealkylation sites (tertiary alicyclic amines) is 1. The van der Waals surface area contributed by atoms with Crippen LogP contribution in [0.4, 0.5) is 14.9 Å². The molecule has 2 aromatic rings. The Labute approximate surface area is 193 Å². The van der Waals surface area contributed by atoms with Gasteiger partial charge in [0.1, 0.15) is 11.5 Å². The van der Waals surface area contributed by atoms with Gasteiger partial charge in [0, 0.05) is 37.5 Å². The molecule has 3 unspecified atom stereocenters. The molecular formula is C21H25FN4O4S2. The van der Waals surface area contributed by atoms with Crippen LogP contribution in [0.2, 0.25) is 0 Å². The number of aryl methyl sites for hydroxylation is 2. The first-order valence-corrected chi connectivity index (χ1v) is 12.4. The molecule has 3 atom stereocenters. The number of nitrogens with one attached hydrogen (secondary N) is 2. The Kier molecular flexibility index (Phi) is 6.70. The average Bonchev–Trinajstić information content (AvgIpc) is 3.28. The van der Waals surface area contributed by atoms with Gasteiger partial charge in [-0.25, -0.2) is 9.18 Å². The van der Waals surface area contributed by atoms with Crippen molar-refractivity contribution < 1.29 is 23.3 Å². The van der Waals surface area contributed by atoms with E-state index >= 15 is 0 Å². The molecule has 1 saturated heterocycles. The van der Waals surface area contributed by atoms with Crippen molar-refractivity contribution in [3.8, 4) is 0 Å². The zero-order valence-electron chi connectivity index (χ0n) is 18.0. The number of ether oxygens (including phenoxy) is 1. The van der Waals surface area contributed by atoms with E-state index in [9.17, 15) is 18.5 Å². The minimum absolute atomic E-state index is 0.0670. The number of thioether (sulfide) groups is 1. The molecule has 1 fully saturated rings. The molecular weight excluding hydrogens is 455 g/mol. The number of hydrogen-bond donors (Lipinski definition) is 2. The Morgan fingerprint density at radius 1 is 1.41 bits per heavy atom. The summed E-state index contributed by atoms with van der Waals surface area (Å²) in [5, 5.41) is 2.81. The van der Waals surface area contributed by atoms with Crippen molar-refractivity contribution in [2.24, 2.45) is 13.0 Å². The zero-order valence-corrected chi connectivity index (χ0v) is 19.6. The molecule has 4 rings (SSSR count). The molecule has 2 aliphatic heterocycles. The van der Waals surface area contributed by atoms with Crippen LogP contribution in [0, 0.1) is 18.7 Å². The van der Waals surface area contributed by atoms with E-state index in [4.69, 9.17) is 4.74 Å². The fourth-order valence-electron chi connectivity index (χ4n) is 3.95. The molecule has 1 aromatic carbocycles. The van der Waals surface area contributed by atoms with Gasteiger partial charge in [0.25, 0.3) is 5.91 Å². The maximum Gasteiger partial charge on any atom is 0.409 e. The Morgan fingerprint density at radius 3 is 2.91 bits per heavy atom. The molecule has 2 amide bonds. The van der Waals surface area contributed by atoms with Crippen molar-refractivity contribution in [3.63, 3.8) is 0 Å². The summed E-state index contributed by atoms with van der Waals surface area (Å²) >= 11 is -0.0768. The second-order valence-corrected chi connectivity index (χ2v) is 10.1. The lowest BCUT2D eigenvalue weighted by atomic mass is 10.1. The van der Waals surface area contributed by atoms with Crippen molar-refractivity contribution in [1.29, 1.82) is 0 Å². The summed E-state index contributed by atoms with van der Waals surface area (Å²) in [7, 11) is 1.73. The van der Waals surface area contributed by atoms with Crippen LogP contribution in [0.3, 0.4) is 0 Å². The molecule has 0 spiro atoms. The third-order valence-corrected chi connectivity index (χ3v) is 8.25. The Bertz CT molecular complexity index is 1050. The first kappa shape index (κ1) is 23.0. The molecule has 0 aliphatic carbocycles. The molecule has 0 radical (unpaired) electrons. The fourth-order valence-corrected chi connectivity index (χ4v) is 6.83. The first-order valence-electron chi connectivity index (χ1n) is 10.3. The van der Waals surface area contributed by atoms with Gasteiger partial charge < -0.3 is 24.1 Å². The molecule has 32 heavy (non-hydrogen) atoms. The summed E-state index contributed by atoms with van der Waals surface area (Å²) < 4.78 is 36.6. The lowest BCUT2D eigenvalue weighted by molar-refractivity contribution is 0.101. The quantitative estimate of drug-likeness (QED) is 0.656. The lowest BCUT2D eigenvalue weighted by Crippen LogP contribution is -2.42. The maximum absolute atomic E-state index is 13.6. The molecule has 3 heterocycles. The third kappa shape index (κ3) is 4.47. The third-order valence-electron chi connectivity index (χ3n) is 5.60.